The number of hydrogen-bond donors (Lipinski definition) is 0. The molecule has 0 saturated heterocycles. The van der Waals surface area contributed by atoms with Gasteiger partial charge in [0.05, 0.1) is 5.56 Å². The minimum absolute atomic E-state index is 0. The normalized spacial score (nSPS) is 8.31. The van der Waals surface area contributed by atoms with Gasteiger partial charge in [-0.2, -0.15) is 0 Å². The topological polar surface area (TPSA) is 26.3 Å². The zero-order chi connectivity index (χ0) is 8.81. The summed E-state index contributed by atoms with van der Waals surface area (Å²) in [5.74, 6) is -0.310. The molecule has 0 saturated carbocycles. The molecule has 0 aliphatic carbocycles. The molecule has 13 heavy (non-hydrogen) atoms. The predicted molar refractivity (Wildman–Crippen MR) is 54.2 cm³/mol. The summed E-state index contributed by atoms with van der Waals surface area (Å²) >= 11 is 0. The smallest absolute Gasteiger partial charge is 0.338 e. The summed E-state index contributed by atoms with van der Waals surface area (Å²) < 4.78 is 4.82. The van der Waals surface area contributed by atoms with Crippen LogP contribution in [0.5, 0.6) is 0 Å². The Hall–Kier alpha value is -1.28. The molecule has 0 N–H and O–H groups in total. The largest absolute Gasteiger partial charge is 0.458 e. The Morgan fingerprint density at radius 2 is 2.00 bits per heavy atom. The lowest BCUT2D eigenvalue weighted by atomic mass is 10.2. The summed E-state index contributed by atoms with van der Waals surface area (Å²) in [7, 11) is 0. The minimum atomic E-state index is -0.310. The molecular formula is C10H11ClO2. The Morgan fingerprint density at radius 3 is 2.54 bits per heavy atom. The molecule has 0 heterocycles. The predicted octanol–water partition coefficient (Wildman–Crippen LogP) is 2.45. The number of rotatable bonds is 3. The molecule has 1 aromatic carbocycles. The molecule has 0 amide bonds. The van der Waals surface area contributed by atoms with Crippen molar-refractivity contribution in [2.24, 2.45) is 0 Å². The van der Waals surface area contributed by atoms with Gasteiger partial charge in [0.1, 0.15) is 6.61 Å². The zero-order valence-electron chi connectivity index (χ0n) is 7.10. The van der Waals surface area contributed by atoms with E-state index >= 15 is 0 Å². The Bertz CT molecular complexity index is 270. The summed E-state index contributed by atoms with van der Waals surface area (Å²) in [6, 6.07) is 8.87. The third-order valence-corrected chi connectivity index (χ3v) is 1.34. The van der Waals surface area contributed by atoms with Gasteiger partial charge in [0.25, 0.3) is 0 Å². The van der Waals surface area contributed by atoms with Gasteiger partial charge in [-0.05, 0) is 12.1 Å². The minimum Gasteiger partial charge on any atom is -0.458 e. The van der Waals surface area contributed by atoms with Gasteiger partial charge in [0.15, 0.2) is 0 Å². The molecule has 0 unspecified atom stereocenters. The average Bonchev–Trinajstić information content (AvgIpc) is 2.15. The van der Waals surface area contributed by atoms with Gasteiger partial charge in [-0.1, -0.05) is 30.9 Å². The van der Waals surface area contributed by atoms with Crippen molar-refractivity contribution in [1.29, 1.82) is 0 Å². The van der Waals surface area contributed by atoms with E-state index in [9.17, 15) is 4.79 Å². The third kappa shape index (κ3) is 3.76. The quantitative estimate of drug-likeness (QED) is 0.551. The van der Waals surface area contributed by atoms with Crippen molar-refractivity contribution in [3.63, 3.8) is 0 Å². The van der Waals surface area contributed by atoms with E-state index in [4.69, 9.17) is 4.74 Å². The van der Waals surface area contributed by atoms with Gasteiger partial charge in [-0.3, -0.25) is 0 Å². The van der Waals surface area contributed by atoms with E-state index in [1.807, 2.05) is 6.07 Å². The molecule has 1 rings (SSSR count). The number of carbonyl (C=O) groups is 1. The first kappa shape index (κ1) is 11.7. The van der Waals surface area contributed by atoms with Crippen molar-refractivity contribution < 1.29 is 9.53 Å². The molecule has 0 bridgehead atoms. The van der Waals surface area contributed by atoms with Crippen molar-refractivity contribution in [1.82, 2.24) is 0 Å². The molecule has 0 spiro atoms. The number of carbonyl (C=O) groups excluding carboxylic acids is 1. The fourth-order valence-electron chi connectivity index (χ4n) is 0.792. The molecule has 0 aliphatic heterocycles. The van der Waals surface area contributed by atoms with E-state index in [-0.39, 0.29) is 25.0 Å². The van der Waals surface area contributed by atoms with Crippen molar-refractivity contribution in [3.05, 3.63) is 48.6 Å². The Morgan fingerprint density at radius 1 is 1.38 bits per heavy atom. The highest BCUT2D eigenvalue weighted by Gasteiger charge is 2.02. The van der Waals surface area contributed by atoms with E-state index in [0.29, 0.717) is 5.56 Å². The van der Waals surface area contributed by atoms with Crippen molar-refractivity contribution in [2.75, 3.05) is 6.61 Å². The standard InChI is InChI=1S/C10H10O2.ClH/c1-2-8-12-10(11)9-6-4-3-5-7-9;/h2-7H,1,8H2;1H. The molecule has 0 aliphatic rings. The zero-order valence-corrected chi connectivity index (χ0v) is 7.92. The highest BCUT2D eigenvalue weighted by molar-refractivity contribution is 5.89. The highest BCUT2D eigenvalue weighted by atomic mass is 35.5. The van der Waals surface area contributed by atoms with Gasteiger partial charge in [0, 0.05) is 0 Å². The van der Waals surface area contributed by atoms with Crippen LogP contribution in [0.4, 0.5) is 0 Å². The Balaban J connectivity index is 0.00000144. The number of benzene rings is 1. The van der Waals surface area contributed by atoms with Crippen LogP contribution in [0.25, 0.3) is 0 Å². The molecule has 0 radical (unpaired) electrons. The average molecular weight is 199 g/mol. The molecular weight excluding hydrogens is 188 g/mol. The van der Waals surface area contributed by atoms with Crippen LogP contribution in [-0.4, -0.2) is 12.6 Å². The molecule has 2 nitrogen and oxygen atoms in total. The van der Waals surface area contributed by atoms with Gasteiger partial charge < -0.3 is 4.74 Å². The molecule has 1 aromatic rings. The summed E-state index contributed by atoms with van der Waals surface area (Å²) in [5.41, 5.74) is 0.569. The van der Waals surface area contributed by atoms with Crippen LogP contribution in [0.2, 0.25) is 0 Å². The second-order valence-electron chi connectivity index (χ2n) is 2.25. The SMILES string of the molecule is C=CCOC(=O)c1ccccc1.Cl. The summed E-state index contributed by atoms with van der Waals surface area (Å²) in [4.78, 5) is 11.1. The Kier molecular flexibility index (Phi) is 5.64. The maximum Gasteiger partial charge on any atom is 0.338 e. The van der Waals surface area contributed by atoms with Crippen LogP contribution >= 0.6 is 12.4 Å². The first-order valence-corrected chi connectivity index (χ1v) is 3.67. The van der Waals surface area contributed by atoms with E-state index in [0.717, 1.165) is 0 Å². The molecule has 0 fully saturated rings. The second kappa shape index (κ2) is 6.26. The van der Waals surface area contributed by atoms with Gasteiger partial charge in [-0.15, -0.1) is 12.4 Å². The van der Waals surface area contributed by atoms with E-state index in [1.54, 1.807) is 30.3 Å². The third-order valence-electron chi connectivity index (χ3n) is 1.34. The molecule has 0 atom stereocenters. The van der Waals surface area contributed by atoms with Gasteiger partial charge >= 0.3 is 5.97 Å². The summed E-state index contributed by atoms with van der Waals surface area (Å²) in [6.07, 6.45) is 1.54. The first-order chi connectivity index (χ1) is 5.84. The lowest BCUT2D eigenvalue weighted by Gasteiger charge is -1.99. The summed E-state index contributed by atoms with van der Waals surface area (Å²) in [5, 5.41) is 0. The Labute approximate surface area is 83.6 Å². The number of esters is 1. The molecule has 0 aromatic heterocycles. The number of ether oxygens (including phenoxy) is 1. The first-order valence-electron chi connectivity index (χ1n) is 3.67. The fourth-order valence-corrected chi connectivity index (χ4v) is 0.792. The molecule has 70 valence electrons. The van der Waals surface area contributed by atoms with Crippen LogP contribution < -0.4 is 0 Å². The number of halogens is 1. The fraction of sp³-hybridized carbons (Fsp3) is 0.100. The van der Waals surface area contributed by atoms with Crippen molar-refractivity contribution in [3.8, 4) is 0 Å². The van der Waals surface area contributed by atoms with Crippen LogP contribution in [0, 0.1) is 0 Å². The van der Waals surface area contributed by atoms with Crippen LogP contribution in [0.1, 0.15) is 10.4 Å². The van der Waals surface area contributed by atoms with Crippen molar-refractivity contribution >= 4 is 18.4 Å². The number of hydrogen-bond acceptors (Lipinski definition) is 2. The van der Waals surface area contributed by atoms with Gasteiger partial charge in [-0.25, -0.2) is 4.79 Å². The second-order valence-corrected chi connectivity index (χ2v) is 2.25. The van der Waals surface area contributed by atoms with E-state index in [2.05, 4.69) is 6.58 Å². The van der Waals surface area contributed by atoms with E-state index < -0.39 is 0 Å². The molecule has 3 heteroatoms. The van der Waals surface area contributed by atoms with Crippen molar-refractivity contribution in [2.45, 2.75) is 0 Å². The maximum absolute atomic E-state index is 11.1. The van der Waals surface area contributed by atoms with Crippen LogP contribution in [0.15, 0.2) is 43.0 Å². The van der Waals surface area contributed by atoms with E-state index in [1.165, 1.54) is 0 Å². The highest BCUT2D eigenvalue weighted by Crippen LogP contribution is 2.00. The van der Waals surface area contributed by atoms with Crippen LogP contribution in [0.3, 0.4) is 0 Å². The van der Waals surface area contributed by atoms with Gasteiger partial charge in [0.2, 0.25) is 0 Å². The lowest BCUT2D eigenvalue weighted by Crippen LogP contribution is -2.04. The summed E-state index contributed by atoms with van der Waals surface area (Å²) in [6.45, 7) is 3.71. The maximum atomic E-state index is 11.1. The monoisotopic (exact) mass is 198 g/mol. The lowest BCUT2D eigenvalue weighted by molar-refractivity contribution is 0.0550. The van der Waals surface area contributed by atoms with Crippen LogP contribution in [-0.2, 0) is 4.74 Å².